The molecule has 0 atom stereocenters. The van der Waals surface area contributed by atoms with Crippen molar-refractivity contribution in [3.8, 4) is 10.4 Å². The van der Waals surface area contributed by atoms with E-state index < -0.39 is 0 Å². The minimum Gasteiger partial charge on any atom is -0.306 e. The predicted molar refractivity (Wildman–Crippen MR) is 94.4 cm³/mol. The van der Waals surface area contributed by atoms with Crippen LogP contribution >= 0.6 is 34.5 Å². The Morgan fingerprint density at radius 3 is 2.55 bits per heavy atom. The van der Waals surface area contributed by atoms with Gasteiger partial charge in [0.05, 0.1) is 5.02 Å². The summed E-state index contributed by atoms with van der Waals surface area (Å²) < 4.78 is 14.2. The molecule has 1 fully saturated rings. The van der Waals surface area contributed by atoms with E-state index in [1.54, 1.807) is 12.1 Å². The van der Waals surface area contributed by atoms with Crippen LogP contribution in [0.3, 0.4) is 0 Å². The molecule has 1 aromatic carbocycles. The van der Waals surface area contributed by atoms with Crippen LogP contribution < -0.4 is 0 Å². The van der Waals surface area contributed by atoms with Crippen molar-refractivity contribution in [3.63, 3.8) is 0 Å². The van der Waals surface area contributed by atoms with Crippen LogP contribution in [0.4, 0.5) is 4.39 Å². The molecular weight excluding hydrogens is 340 g/mol. The van der Waals surface area contributed by atoms with Crippen molar-refractivity contribution in [2.24, 2.45) is 0 Å². The number of rotatable bonds is 2. The zero-order valence-corrected chi connectivity index (χ0v) is 14.5. The lowest BCUT2D eigenvalue weighted by Crippen LogP contribution is -2.26. The maximum atomic E-state index is 13.7. The van der Waals surface area contributed by atoms with Crippen LogP contribution in [0.2, 0.25) is 9.36 Å². The second-order valence-electron chi connectivity index (χ2n) is 5.57. The van der Waals surface area contributed by atoms with E-state index in [0.717, 1.165) is 41.9 Å². The average Bonchev–Trinajstić information content (AvgIpc) is 2.83. The highest BCUT2D eigenvalue weighted by Gasteiger charge is 2.14. The highest BCUT2D eigenvalue weighted by Crippen LogP contribution is 2.40. The first kappa shape index (κ1) is 16.0. The van der Waals surface area contributed by atoms with Gasteiger partial charge in [-0.25, -0.2) is 4.39 Å². The standard InChI is InChI=1S/C17H16Cl2FNS/c1-21-6-4-11(5-7-21)8-12-2-3-13(20)9-14(12)16-10-15(18)17(19)22-16/h2-3,8-10H,4-7H2,1H3. The Labute approximate surface area is 144 Å². The molecule has 1 aromatic heterocycles. The number of thiophene rings is 1. The molecule has 116 valence electrons. The second-order valence-corrected chi connectivity index (χ2v) is 7.63. The van der Waals surface area contributed by atoms with Gasteiger partial charge in [-0.15, -0.1) is 11.3 Å². The molecule has 0 N–H and O–H groups in total. The third kappa shape index (κ3) is 3.54. The molecule has 0 amide bonds. The zero-order chi connectivity index (χ0) is 15.7. The maximum Gasteiger partial charge on any atom is 0.123 e. The van der Waals surface area contributed by atoms with Gasteiger partial charge in [-0.05, 0) is 43.7 Å². The molecule has 2 aromatic rings. The molecule has 5 heteroatoms. The summed E-state index contributed by atoms with van der Waals surface area (Å²) in [6.45, 7) is 2.14. The summed E-state index contributed by atoms with van der Waals surface area (Å²) >= 11 is 13.5. The van der Waals surface area contributed by atoms with Gasteiger partial charge in [-0.2, -0.15) is 0 Å². The van der Waals surface area contributed by atoms with Gasteiger partial charge in [0, 0.05) is 23.5 Å². The molecule has 1 saturated heterocycles. The van der Waals surface area contributed by atoms with Crippen molar-refractivity contribution in [2.45, 2.75) is 12.8 Å². The van der Waals surface area contributed by atoms with Crippen molar-refractivity contribution in [2.75, 3.05) is 20.1 Å². The molecule has 1 aliphatic rings. The third-order valence-corrected chi connectivity index (χ3v) is 5.81. The van der Waals surface area contributed by atoms with Gasteiger partial charge >= 0.3 is 0 Å². The first-order valence-electron chi connectivity index (χ1n) is 7.15. The van der Waals surface area contributed by atoms with Gasteiger partial charge in [-0.3, -0.25) is 0 Å². The lowest BCUT2D eigenvalue weighted by Gasteiger charge is -2.24. The van der Waals surface area contributed by atoms with E-state index in [0.29, 0.717) is 9.36 Å². The van der Waals surface area contributed by atoms with Crippen molar-refractivity contribution >= 4 is 40.6 Å². The molecule has 0 saturated carbocycles. The van der Waals surface area contributed by atoms with E-state index in [9.17, 15) is 4.39 Å². The van der Waals surface area contributed by atoms with Gasteiger partial charge < -0.3 is 4.90 Å². The molecule has 0 aliphatic carbocycles. The minimum atomic E-state index is -0.249. The summed E-state index contributed by atoms with van der Waals surface area (Å²) in [6.07, 6.45) is 4.29. The fraction of sp³-hybridized carbons (Fsp3) is 0.294. The Morgan fingerprint density at radius 1 is 1.18 bits per heavy atom. The zero-order valence-electron chi connectivity index (χ0n) is 12.2. The van der Waals surface area contributed by atoms with Crippen LogP contribution in [0, 0.1) is 5.82 Å². The highest BCUT2D eigenvalue weighted by atomic mass is 35.5. The van der Waals surface area contributed by atoms with Crippen molar-refractivity contribution in [3.05, 3.63) is 50.6 Å². The summed E-state index contributed by atoms with van der Waals surface area (Å²) in [5.74, 6) is -0.249. The first-order valence-corrected chi connectivity index (χ1v) is 8.73. The van der Waals surface area contributed by atoms with Crippen molar-refractivity contribution in [1.29, 1.82) is 0 Å². The second kappa shape index (κ2) is 6.71. The molecule has 22 heavy (non-hydrogen) atoms. The Morgan fingerprint density at radius 2 is 1.91 bits per heavy atom. The van der Waals surface area contributed by atoms with Crippen LogP contribution in [0.1, 0.15) is 18.4 Å². The Kier molecular flexibility index (Phi) is 4.88. The largest absolute Gasteiger partial charge is 0.306 e. The molecule has 1 nitrogen and oxygen atoms in total. The van der Waals surface area contributed by atoms with E-state index in [2.05, 4.69) is 18.0 Å². The third-order valence-electron chi connectivity index (χ3n) is 3.91. The van der Waals surface area contributed by atoms with Crippen molar-refractivity contribution < 1.29 is 4.39 Å². The summed E-state index contributed by atoms with van der Waals surface area (Å²) in [5, 5.41) is 0.517. The number of hydrogen-bond acceptors (Lipinski definition) is 2. The van der Waals surface area contributed by atoms with Crippen molar-refractivity contribution in [1.82, 2.24) is 4.90 Å². The molecule has 1 aliphatic heterocycles. The molecule has 2 heterocycles. The number of piperidine rings is 1. The van der Waals surface area contributed by atoms with Gasteiger partial charge in [-0.1, -0.05) is 40.9 Å². The fourth-order valence-corrected chi connectivity index (χ4v) is 4.02. The highest BCUT2D eigenvalue weighted by molar-refractivity contribution is 7.20. The SMILES string of the molecule is CN1CCC(=Cc2ccc(F)cc2-c2cc(Cl)c(Cl)s2)CC1. The lowest BCUT2D eigenvalue weighted by atomic mass is 9.98. The van der Waals surface area contributed by atoms with Gasteiger partial charge in [0.15, 0.2) is 0 Å². The minimum absolute atomic E-state index is 0.249. The summed E-state index contributed by atoms with van der Waals surface area (Å²) in [5.41, 5.74) is 3.28. The predicted octanol–water partition coefficient (Wildman–Crippen LogP) is 5.97. The molecule has 0 radical (unpaired) electrons. The molecule has 0 unspecified atom stereocenters. The van der Waals surface area contributed by atoms with Crippen LogP contribution in [0.5, 0.6) is 0 Å². The quantitative estimate of drug-likeness (QED) is 0.641. The number of hydrogen-bond donors (Lipinski definition) is 0. The smallest absolute Gasteiger partial charge is 0.123 e. The Balaban J connectivity index is 1.99. The van der Waals surface area contributed by atoms with E-state index in [1.165, 1.54) is 23.0 Å². The lowest BCUT2D eigenvalue weighted by molar-refractivity contribution is 0.313. The number of nitrogens with zero attached hydrogens (tertiary/aromatic N) is 1. The van der Waals surface area contributed by atoms with Gasteiger partial charge in [0.1, 0.15) is 10.2 Å². The number of halogens is 3. The fourth-order valence-electron chi connectivity index (χ4n) is 2.62. The number of benzene rings is 1. The van der Waals surface area contributed by atoms with E-state index in [4.69, 9.17) is 23.2 Å². The Bertz CT molecular complexity index is 694. The van der Waals surface area contributed by atoms with E-state index >= 15 is 0 Å². The van der Waals surface area contributed by atoms with Gasteiger partial charge in [0.25, 0.3) is 0 Å². The van der Waals surface area contributed by atoms with E-state index in [-0.39, 0.29) is 5.82 Å². The van der Waals surface area contributed by atoms with Crippen LogP contribution in [-0.2, 0) is 0 Å². The summed E-state index contributed by atoms with van der Waals surface area (Å²) in [7, 11) is 2.13. The molecule has 0 bridgehead atoms. The number of likely N-dealkylation sites (tertiary alicyclic amines) is 1. The van der Waals surface area contributed by atoms with Gasteiger partial charge in [0.2, 0.25) is 0 Å². The summed E-state index contributed by atoms with van der Waals surface area (Å²) in [4.78, 5) is 3.22. The van der Waals surface area contributed by atoms with Crippen LogP contribution in [-0.4, -0.2) is 25.0 Å². The first-order chi connectivity index (χ1) is 10.5. The summed E-state index contributed by atoms with van der Waals surface area (Å²) in [6, 6.07) is 6.69. The van der Waals surface area contributed by atoms with E-state index in [1.807, 2.05) is 6.07 Å². The van der Waals surface area contributed by atoms with Crippen LogP contribution in [0.25, 0.3) is 16.5 Å². The Hall–Kier alpha value is -0.870. The molecule has 0 spiro atoms. The topological polar surface area (TPSA) is 3.24 Å². The van der Waals surface area contributed by atoms with Crippen LogP contribution in [0.15, 0.2) is 29.8 Å². The molecule has 3 rings (SSSR count). The molecular formula is C17H16Cl2FNS. The average molecular weight is 356 g/mol. The monoisotopic (exact) mass is 355 g/mol. The maximum absolute atomic E-state index is 13.7. The normalized spacial score (nSPS) is 16.1.